The molecule has 164 valence electrons. The van der Waals surface area contributed by atoms with E-state index in [0.29, 0.717) is 18.7 Å². The normalized spacial score (nSPS) is 27.8. The molecule has 6 nitrogen and oxygen atoms in total. The minimum atomic E-state index is -0.708. The molecular formula is C25H30N2O4. The van der Waals surface area contributed by atoms with Crippen molar-refractivity contribution in [1.82, 2.24) is 4.90 Å². The number of nitrogens with one attached hydrogen (secondary N) is 1. The second-order valence-electron chi connectivity index (χ2n) is 8.77. The molecule has 31 heavy (non-hydrogen) atoms. The van der Waals surface area contributed by atoms with Crippen molar-refractivity contribution in [3.8, 4) is 5.75 Å². The van der Waals surface area contributed by atoms with Crippen LogP contribution >= 0.6 is 0 Å². The first-order valence-corrected chi connectivity index (χ1v) is 11.3. The lowest BCUT2D eigenvalue weighted by molar-refractivity contribution is 0.0241. The molecule has 3 heterocycles. The van der Waals surface area contributed by atoms with Crippen molar-refractivity contribution in [2.45, 2.75) is 50.5 Å². The van der Waals surface area contributed by atoms with Crippen molar-refractivity contribution in [3.63, 3.8) is 0 Å². The van der Waals surface area contributed by atoms with Crippen LogP contribution in [0, 0.1) is 0 Å². The maximum atomic E-state index is 13.6. The Morgan fingerprint density at radius 2 is 1.84 bits per heavy atom. The number of carbonyl (C=O) groups excluding carboxylic acids is 1. The fraction of sp³-hybridized carbons (Fsp3) is 0.480. The molecule has 0 saturated carbocycles. The number of fused-ring (bicyclic) bond motifs is 1. The van der Waals surface area contributed by atoms with E-state index in [1.807, 2.05) is 47.4 Å². The zero-order valence-electron chi connectivity index (χ0n) is 18.0. The Balaban J connectivity index is 1.45. The number of ether oxygens (including phenoxy) is 3. The first kappa shape index (κ1) is 20.3. The van der Waals surface area contributed by atoms with E-state index >= 15 is 0 Å². The summed E-state index contributed by atoms with van der Waals surface area (Å²) >= 11 is 0. The van der Waals surface area contributed by atoms with E-state index in [4.69, 9.17) is 14.2 Å². The van der Waals surface area contributed by atoms with Crippen molar-refractivity contribution in [2.24, 2.45) is 0 Å². The van der Waals surface area contributed by atoms with Crippen molar-refractivity contribution in [3.05, 3.63) is 59.7 Å². The fourth-order valence-corrected chi connectivity index (χ4v) is 4.80. The van der Waals surface area contributed by atoms with E-state index in [1.165, 1.54) is 0 Å². The van der Waals surface area contributed by atoms with Gasteiger partial charge in [-0.3, -0.25) is 4.79 Å². The van der Waals surface area contributed by atoms with Gasteiger partial charge in [-0.25, -0.2) is 0 Å². The van der Waals surface area contributed by atoms with Crippen LogP contribution in [0.3, 0.4) is 0 Å². The molecular weight excluding hydrogens is 392 g/mol. The molecule has 5 rings (SSSR count). The molecule has 2 fully saturated rings. The third-order valence-electron chi connectivity index (χ3n) is 6.59. The smallest absolute Gasteiger partial charge is 0.258 e. The summed E-state index contributed by atoms with van der Waals surface area (Å²) < 4.78 is 17.6. The highest BCUT2D eigenvalue weighted by Crippen LogP contribution is 2.39. The van der Waals surface area contributed by atoms with Gasteiger partial charge >= 0.3 is 0 Å². The third kappa shape index (κ3) is 4.02. The van der Waals surface area contributed by atoms with Crippen molar-refractivity contribution in [2.75, 3.05) is 31.7 Å². The maximum absolute atomic E-state index is 13.6. The number of hydrogen-bond acceptors (Lipinski definition) is 5. The average Bonchev–Trinajstić information content (AvgIpc) is 3.50. The van der Waals surface area contributed by atoms with Gasteiger partial charge in [0.15, 0.2) is 0 Å². The number of hydrogen-bond donors (Lipinski definition) is 1. The Kier molecular flexibility index (Phi) is 5.59. The Bertz CT molecular complexity index is 937. The summed E-state index contributed by atoms with van der Waals surface area (Å²) in [4.78, 5) is 15.5. The quantitative estimate of drug-likeness (QED) is 0.757. The van der Waals surface area contributed by atoms with Crippen LogP contribution in [-0.2, 0) is 15.1 Å². The fourth-order valence-electron chi connectivity index (χ4n) is 4.80. The lowest BCUT2D eigenvalue weighted by Gasteiger charge is -2.47. The van der Waals surface area contributed by atoms with Gasteiger partial charge in [-0.1, -0.05) is 24.3 Å². The number of amides is 1. The highest BCUT2D eigenvalue weighted by Gasteiger charge is 2.43. The lowest BCUT2D eigenvalue weighted by Crippen LogP contribution is -2.57. The molecule has 0 aliphatic carbocycles. The van der Waals surface area contributed by atoms with E-state index in [0.717, 1.165) is 55.9 Å². The lowest BCUT2D eigenvalue weighted by atomic mass is 9.92. The Hall–Kier alpha value is -2.57. The van der Waals surface area contributed by atoms with Crippen LogP contribution in [-0.4, -0.2) is 49.4 Å². The molecule has 6 heteroatoms. The average molecular weight is 423 g/mol. The van der Waals surface area contributed by atoms with Crippen molar-refractivity contribution >= 4 is 11.6 Å². The molecule has 3 aliphatic heterocycles. The van der Waals surface area contributed by atoms with E-state index in [2.05, 4.69) is 18.3 Å². The molecule has 3 atom stereocenters. The molecule has 0 radical (unpaired) electrons. The highest BCUT2D eigenvalue weighted by molar-refractivity contribution is 6.02. The largest absolute Gasteiger partial charge is 0.491 e. The van der Waals surface area contributed by atoms with Gasteiger partial charge in [0.05, 0.1) is 17.8 Å². The summed E-state index contributed by atoms with van der Waals surface area (Å²) in [5.74, 6) is 0.817. The maximum Gasteiger partial charge on any atom is 0.258 e. The van der Waals surface area contributed by atoms with E-state index in [-0.39, 0.29) is 18.1 Å². The van der Waals surface area contributed by atoms with Crippen LogP contribution in [0.2, 0.25) is 0 Å². The molecule has 0 aromatic heterocycles. The summed E-state index contributed by atoms with van der Waals surface area (Å²) in [5, 5.41) is 3.64. The van der Waals surface area contributed by atoms with Crippen LogP contribution in [0.5, 0.6) is 5.75 Å². The van der Waals surface area contributed by atoms with Gasteiger partial charge in [-0.15, -0.1) is 0 Å². The molecule has 3 aliphatic rings. The van der Waals surface area contributed by atoms with E-state index in [1.54, 1.807) is 0 Å². The molecule has 1 amide bonds. The number of nitrogens with zero attached hydrogens (tertiary/aromatic N) is 1. The van der Waals surface area contributed by atoms with Crippen LogP contribution in [0.25, 0.3) is 0 Å². The minimum absolute atomic E-state index is 0.0260. The van der Waals surface area contributed by atoms with E-state index in [9.17, 15) is 4.79 Å². The second kappa shape index (κ2) is 8.52. The van der Waals surface area contributed by atoms with Crippen LogP contribution in [0.4, 0.5) is 5.69 Å². The number of para-hydroxylation sites is 1. The van der Waals surface area contributed by atoms with Gasteiger partial charge in [-0.05, 0) is 56.9 Å². The van der Waals surface area contributed by atoms with Gasteiger partial charge in [0.25, 0.3) is 5.91 Å². The number of benzene rings is 2. The number of rotatable bonds is 6. The van der Waals surface area contributed by atoms with Crippen molar-refractivity contribution in [1.29, 1.82) is 0 Å². The molecule has 3 unspecified atom stereocenters. The minimum Gasteiger partial charge on any atom is -0.491 e. The molecule has 0 bridgehead atoms. The zero-order chi connectivity index (χ0) is 21.3. The Labute approximate surface area is 183 Å². The van der Waals surface area contributed by atoms with Gasteiger partial charge in [0, 0.05) is 31.0 Å². The monoisotopic (exact) mass is 422 g/mol. The molecule has 2 aromatic rings. The summed E-state index contributed by atoms with van der Waals surface area (Å²) in [7, 11) is 0. The zero-order valence-corrected chi connectivity index (χ0v) is 18.0. The van der Waals surface area contributed by atoms with Crippen LogP contribution < -0.4 is 10.1 Å². The topological polar surface area (TPSA) is 60.0 Å². The first-order chi connectivity index (χ1) is 15.1. The van der Waals surface area contributed by atoms with E-state index < -0.39 is 5.66 Å². The molecule has 2 saturated heterocycles. The second-order valence-corrected chi connectivity index (χ2v) is 8.77. The SMILES string of the molecule is CC1(c2cccc(OCC3CCCO3)c2)Nc2ccccc2C(=O)N1CC1CCCO1. The van der Waals surface area contributed by atoms with Crippen LogP contribution in [0.15, 0.2) is 48.5 Å². The standard InChI is InChI=1S/C25H30N2O4/c1-25(18-7-4-8-19(15-18)31-17-21-10-6-14-30-21)26-23-12-3-2-11-22(23)24(28)27(25)16-20-9-5-13-29-20/h2-4,7-8,11-12,15,20-21,26H,5-6,9-10,13-14,16-17H2,1H3. The predicted molar refractivity (Wildman–Crippen MR) is 118 cm³/mol. The van der Waals surface area contributed by atoms with Crippen LogP contribution in [0.1, 0.15) is 48.5 Å². The van der Waals surface area contributed by atoms with Gasteiger partial charge in [-0.2, -0.15) is 0 Å². The first-order valence-electron chi connectivity index (χ1n) is 11.3. The molecule has 0 spiro atoms. The Morgan fingerprint density at radius 1 is 1.06 bits per heavy atom. The third-order valence-corrected chi connectivity index (χ3v) is 6.59. The summed E-state index contributed by atoms with van der Waals surface area (Å²) in [6, 6.07) is 15.7. The molecule has 2 aromatic carbocycles. The Morgan fingerprint density at radius 3 is 2.61 bits per heavy atom. The summed E-state index contributed by atoms with van der Waals surface area (Å²) in [6.45, 7) is 4.75. The predicted octanol–water partition coefficient (Wildman–Crippen LogP) is 4.16. The number of anilines is 1. The van der Waals surface area contributed by atoms with Gasteiger partial charge in [0.1, 0.15) is 18.0 Å². The highest BCUT2D eigenvalue weighted by atomic mass is 16.5. The van der Waals surface area contributed by atoms with Gasteiger partial charge < -0.3 is 24.4 Å². The molecule has 1 N–H and O–H groups in total. The summed E-state index contributed by atoms with van der Waals surface area (Å²) in [5.41, 5.74) is 1.83. The van der Waals surface area contributed by atoms with Gasteiger partial charge in [0.2, 0.25) is 0 Å². The number of carbonyl (C=O) groups is 1. The summed E-state index contributed by atoms with van der Waals surface area (Å²) in [6.07, 6.45) is 4.38. The van der Waals surface area contributed by atoms with Crippen molar-refractivity contribution < 1.29 is 19.0 Å².